The number of nitrogens with zero attached hydrogens (tertiary/aromatic N) is 2. The van der Waals surface area contributed by atoms with Crippen LogP contribution in [0, 0.1) is 17.0 Å². The lowest BCUT2D eigenvalue weighted by Gasteiger charge is -2.16. The Morgan fingerprint density at radius 1 is 1.30 bits per heavy atom. The SMILES string of the molecule is Cc1cccc(C(C)C)c1NC(=O)Cn1c(=O)oc2cc([N+](=O)[O-])ccc21. The van der Waals surface area contributed by atoms with E-state index in [1.54, 1.807) is 0 Å². The number of nitro groups is 1. The fourth-order valence-electron chi connectivity index (χ4n) is 2.98. The number of hydrogen-bond donors (Lipinski definition) is 1. The van der Waals surface area contributed by atoms with Crippen LogP contribution < -0.4 is 11.1 Å². The number of aryl methyl sites for hydroxylation is 1. The summed E-state index contributed by atoms with van der Waals surface area (Å²) in [5, 5.41) is 13.7. The van der Waals surface area contributed by atoms with Gasteiger partial charge in [0.05, 0.1) is 16.5 Å². The number of benzene rings is 2. The van der Waals surface area contributed by atoms with Gasteiger partial charge in [-0.25, -0.2) is 4.79 Å². The first kappa shape index (κ1) is 18.4. The first-order valence-electron chi connectivity index (χ1n) is 8.45. The summed E-state index contributed by atoms with van der Waals surface area (Å²) in [6.45, 7) is 5.71. The minimum atomic E-state index is -0.741. The van der Waals surface area contributed by atoms with Crippen molar-refractivity contribution in [1.82, 2.24) is 4.57 Å². The fourth-order valence-corrected chi connectivity index (χ4v) is 2.98. The third-order valence-electron chi connectivity index (χ3n) is 4.36. The van der Waals surface area contributed by atoms with E-state index in [4.69, 9.17) is 4.42 Å². The molecule has 0 aliphatic heterocycles. The van der Waals surface area contributed by atoms with E-state index in [0.717, 1.165) is 21.4 Å². The molecule has 8 nitrogen and oxygen atoms in total. The molecular weight excluding hydrogens is 350 g/mol. The number of rotatable bonds is 5. The summed E-state index contributed by atoms with van der Waals surface area (Å²) in [7, 11) is 0. The molecule has 0 spiro atoms. The molecule has 1 amide bonds. The molecular formula is C19H19N3O5. The number of fused-ring (bicyclic) bond motifs is 1. The quantitative estimate of drug-likeness (QED) is 0.546. The highest BCUT2D eigenvalue weighted by Crippen LogP contribution is 2.27. The number of anilines is 1. The number of nitro benzene ring substituents is 1. The van der Waals surface area contributed by atoms with E-state index in [0.29, 0.717) is 5.52 Å². The molecule has 0 saturated carbocycles. The Labute approximate surface area is 154 Å². The highest BCUT2D eigenvalue weighted by atomic mass is 16.6. The first-order chi connectivity index (χ1) is 12.8. The van der Waals surface area contributed by atoms with Gasteiger partial charge in [0.2, 0.25) is 5.91 Å². The van der Waals surface area contributed by atoms with Gasteiger partial charge in [0.25, 0.3) is 5.69 Å². The van der Waals surface area contributed by atoms with Crippen LogP contribution in [0.5, 0.6) is 0 Å². The number of para-hydroxylation sites is 1. The number of amides is 1. The first-order valence-corrected chi connectivity index (χ1v) is 8.45. The number of carbonyl (C=O) groups is 1. The van der Waals surface area contributed by atoms with Gasteiger partial charge < -0.3 is 9.73 Å². The molecule has 1 heterocycles. The number of hydrogen-bond acceptors (Lipinski definition) is 5. The van der Waals surface area contributed by atoms with Crippen molar-refractivity contribution in [2.75, 3.05) is 5.32 Å². The van der Waals surface area contributed by atoms with Crippen molar-refractivity contribution in [2.24, 2.45) is 0 Å². The molecule has 0 bridgehead atoms. The molecule has 3 rings (SSSR count). The van der Waals surface area contributed by atoms with E-state index in [9.17, 15) is 19.7 Å². The van der Waals surface area contributed by atoms with Gasteiger partial charge in [-0.1, -0.05) is 32.0 Å². The van der Waals surface area contributed by atoms with Crippen LogP contribution in [-0.2, 0) is 11.3 Å². The second-order valence-electron chi connectivity index (χ2n) is 6.61. The zero-order chi connectivity index (χ0) is 19.7. The van der Waals surface area contributed by atoms with Gasteiger partial charge in [-0.05, 0) is 30.0 Å². The summed E-state index contributed by atoms with van der Waals surface area (Å²) in [5.41, 5.74) is 2.87. The average molecular weight is 369 g/mol. The third kappa shape index (κ3) is 3.59. The Balaban J connectivity index is 1.90. The average Bonchev–Trinajstić information content (AvgIpc) is 2.91. The van der Waals surface area contributed by atoms with Crippen LogP contribution in [0.1, 0.15) is 30.9 Å². The lowest BCUT2D eigenvalue weighted by Crippen LogP contribution is -2.25. The van der Waals surface area contributed by atoms with Crippen LogP contribution in [-0.4, -0.2) is 15.4 Å². The molecule has 27 heavy (non-hydrogen) atoms. The molecule has 0 aliphatic carbocycles. The van der Waals surface area contributed by atoms with Crippen LogP contribution in [0.15, 0.2) is 45.6 Å². The van der Waals surface area contributed by atoms with Gasteiger partial charge in [-0.2, -0.15) is 0 Å². The van der Waals surface area contributed by atoms with Gasteiger partial charge in [-0.15, -0.1) is 0 Å². The molecule has 0 fully saturated rings. The monoisotopic (exact) mass is 369 g/mol. The maximum atomic E-state index is 12.6. The van der Waals surface area contributed by atoms with Crippen LogP contribution in [0.4, 0.5) is 11.4 Å². The molecule has 8 heteroatoms. The zero-order valence-electron chi connectivity index (χ0n) is 15.2. The van der Waals surface area contributed by atoms with E-state index in [2.05, 4.69) is 5.32 Å². The Bertz CT molecular complexity index is 1090. The smallest absolute Gasteiger partial charge is 0.407 e. The molecule has 1 aromatic heterocycles. The van der Waals surface area contributed by atoms with Gasteiger partial charge in [0.1, 0.15) is 6.54 Å². The number of aromatic nitrogens is 1. The highest BCUT2D eigenvalue weighted by Gasteiger charge is 2.17. The topological polar surface area (TPSA) is 107 Å². The zero-order valence-corrected chi connectivity index (χ0v) is 15.2. The minimum absolute atomic E-state index is 0.0701. The molecule has 0 radical (unpaired) electrons. The second kappa shape index (κ2) is 7.06. The van der Waals surface area contributed by atoms with Crippen molar-refractivity contribution in [1.29, 1.82) is 0 Å². The molecule has 2 aromatic carbocycles. The van der Waals surface area contributed by atoms with Crippen LogP contribution in [0.25, 0.3) is 11.1 Å². The summed E-state index contributed by atoms with van der Waals surface area (Å²) in [6, 6.07) is 9.62. The van der Waals surface area contributed by atoms with E-state index < -0.39 is 10.7 Å². The molecule has 140 valence electrons. The van der Waals surface area contributed by atoms with Crippen molar-refractivity contribution in [3.63, 3.8) is 0 Å². The van der Waals surface area contributed by atoms with Crippen molar-refractivity contribution in [2.45, 2.75) is 33.2 Å². The predicted molar refractivity (Wildman–Crippen MR) is 101 cm³/mol. The van der Waals surface area contributed by atoms with Crippen molar-refractivity contribution >= 4 is 28.4 Å². The molecule has 0 aliphatic rings. The van der Waals surface area contributed by atoms with Crippen LogP contribution >= 0.6 is 0 Å². The summed E-state index contributed by atoms with van der Waals surface area (Å²) < 4.78 is 6.20. The lowest BCUT2D eigenvalue weighted by atomic mass is 9.98. The standard InChI is InChI=1S/C19H19N3O5/c1-11(2)14-6-4-5-12(3)18(14)20-17(23)10-21-15-8-7-13(22(25)26)9-16(15)27-19(21)24/h4-9,11H,10H2,1-3H3,(H,20,23). The number of carbonyl (C=O) groups excluding carboxylic acids is 1. The summed E-state index contributed by atoms with van der Waals surface area (Å²) >= 11 is 0. The van der Waals surface area contributed by atoms with Gasteiger partial charge in [0.15, 0.2) is 5.58 Å². The molecule has 0 saturated heterocycles. The normalized spacial score (nSPS) is 11.1. The van der Waals surface area contributed by atoms with Crippen LogP contribution in [0.2, 0.25) is 0 Å². The second-order valence-corrected chi connectivity index (χ2v) is 6.61. The molecule has 1 N–H and O–H groups in total. The molecule has 0 atom stereocenters. The molecule has 0 unspecified atom stereocenters. The Morgan fingerprint density at radius 3 is 2.70 bits per heavy atom. The minimum Gasteiger partial charge on any atom is -0.407 e. The van der Waals surface area contributed by atoms with Crippen molar-refractivity contribution in [3.05, 3.63) is 68.2 Å². The fraction of sp³-hybridized carbons (Fsp3) is 0.263. The van der Waals surface area contributed by atoms with Crippen molar-refractivity contribution < 1.29 is 14.1 Å². The molecule has 3 aromatic rings. The van der Waals surface area contributed by atoms with E-state index in [1.807, 2.05) is 39.0 Å². The Morgan fingerprint density at radius 2 is 2.04 bits per heavy atom. The van der Waals surface area contributed by atoms with Crippen LogP contribution in [0.3, 0.4) is 0 Å². The predicted octanol–water partition coefficient (Wildman–Crippen LogP) is 3.57. The van der Waals surface area contributed by atoms with Gasteiger partial charge in [0, 0.05) is 11.8 Å². The summed E-state index contributed by atoms with van der Waals surface area (Å²) in [6.07, 6.45) is 0. The van der Waals surface area contributed by atoms with E-state index in [1.165, 1.54) is 18.2 Å². The van der Waals surface area contributed by atoms with Gasteiger partial charge >= 0.3 is 5.76 Å². The van der Waals surface area contributed by atoms with E-state index in [-0.39, 0.29) is 29.6 Å². The largest absolute Gasteiger partial charge is 0.420 e. The number of oxazole rings is 1. The Kier molecular flexibility index (Phi) is 4.81. The number of nitrogens with one attached hydrogen (secondary N) is 1. The van der Waals surface area contributed by atoms with Gasteiger partial charge in [-0.3, -0.25) is 19.5 Å². The van der Waals surface area contributed by atoms with Crippen molar-refractivity contribution in [3.8, 4) is 0 Å². The summed E-state index contributed by atoms with van der Waals surface area (Å²) in [4.78, 5) is 34.9. The van der Waals surface area contributed by atoms with E-state index >= 15 is 0 Å². The third-order valence-corrected chi connectivity index (χ3v) is 4.36. The maximum absolute atomic E-state index is 12.6. The Hall–Kier alpha value is -3.42. The lowest BCUT2D eigenvalue weighted by molar-refractivity contribution is -0.384. The number of non-ortho nitro benzene ring substituents is 1. The summed E-state index contributed by atoms with van der Waals surface area (Å²) in [5.74, 6) is -0.901. The maximum Gasteiger partial charge on any atom is 0.420 e. The highest BCUT2D eigenvalue weighted by molar-refractivity contribution is 5.93.